The van der Waals surface area contributed by atoms with Crippen molar-refractivity contribution in [1.82, 2.24) is 10.2 Å². The fourth-order valence-corrected chi connectivity index (χ4v) is 3.69. The number of sulfonamides is 1. The normalized spacial score (nSPS) is 11.2. The maximum absolute atomic E-state index is 12.5. The smallest absolute Gasteiger partial charge is 0.257 e. The Kier molecular flexibility index (Phi) is 5.01. The van der Waals surface area contributed by atoms with Gasteiger partial charge in [-0.1, -0.05) is 47.7 Å². The number of hydrogen-bond donors (Lipinski definition) is 2. The Balaban J connectivity index is 1.81. The summed E-state index contributed by atoms with van der Waals surface area (Å²) in [6.45, 7) is 1.68. The van der Waals surface area contributed by atoms with Gasteiger partial charge >= 0.3 is 0 Å². The molecule has 2 N–H and O–H groups in total. The zero-order valence-electron chi connectivity index (χ0n) is 14.1. The zero-order chi connectivity index (χ0) is 18.7. The van der Waals surface area contributed by atoms with E-state index in [2.05, 4.69) is 20.2 Å². The zero-order valence-corrected chi connectivity index (χ0v) is 15.7. The number of aromatic nitrogens is 2. The molecular weight excluding hydrogens is 372 g/mol. The summed E-state index contributed by atoms with van der Waals surface area (Å²) >= 11 is 1.26. The molecule has 1 heterocycles. The number of anilines is 2. The summed E-state index contributed by atoms with van der Waals surface area (Å²) in [5.74, 6) is -0.379. The van der Waals surface area contributed by atoms with Crippen molar-refractivity contribution in [1.29, 1.82) is 0 Å². The molecular formula is C17H16N4O3S2. The molecule has 0 aliphatic heterocycles. The van der Waals surface area contributed by atoms with Crippen molar-refractivity contribution < 1.29 is 13.2 Å². The van der Waals surface area contributed by atoms with Crippen LogP contribution in [0.2, 0.25) is 0 Å². The maximum Gasteiger partial charge on any atom is 0.257 e. The predicted molar refractivity (Wildman–Crippen MR) is 103 cm³/mol. The Morgan fingerprint density at radius 2 is 1.77 bits per heavy atom. The van der Waals surface area contributed by atoms with E-state index in [9.17, 15) is 13.2 Å². The van der Waals surface area contributed by atoms with Gasteiger partial charge in [0.25, 0.3) is 5.91 Å². The van der Waals surface area contributed by atoms with Gasteiger partial charge in [0.1, 0.15) is 5.01 Å². The third-order valence-corrected chi connectivity index (χ3v) is 5.02. The highest BCUT2D eigenvalue weighted by Crippen LogP contribution is 2.27. The lowest BCUT2D eigenvalue weighted by molar-refractivity contribution is 0.102. The number of amides is 1. The highest BCUT2D eigenvalue weighted by Gasteiger charge is 2.16. The van der Waals surface area contributed by atoms with E-state index in [1.165, 1.54) is 11.3 Å². The van der Waals surface area contributed by atoms with Gasteiger partial charge in [-0.15, -0.1) is 10.2 Å². The largest absolute Gasteiger partial charge is 0.296 e. The predicted octanol–water partition coefficient (Wildman–Crippen LogP) is 3.14. The maximum atomic E-state index is 12.5. The number of carbonyl (C=O) groups excluding carboxylic acids is 1. The van der Waals surface area contributed by atoms with Crippen molar-refractivity contribution >= 4 is 38.1 Å². The molecule has 0 saturated carbocycles. The molecule has 0 atom stereocenters. The lowest BCUT2D eigenvalue weighted by Gasteiger charge is -2.11. The second kappa shape index (κ2) is 7.22. The van der Waals surface area contributed by atoms with Gasteiger partial charge in [-0.05, 0) is 24.6 Å². The van der Waals surface area contributed by atoms with Crippen LogP contribution in [0.5, 0.6) is 0 Å². The van der Waals surface area contributed by atoms with Gasteiger partial charge in [-0.25, -0.2) is 8.42 Å². The molecule has 0 bridgehead atoms. The summed E-state index contributed by atoms with van der Waals surface area (Å²) in [4.78, 5) is 12.5. The van der Waals surface area contributed by atoms with Crippen LogP contribution in [0, 0.1) is 6.92 Å². The first-order valence-corrected chi connectivity index (χ1v) is 10.3. The van der Waals surface area contributed by atoms with E-state index in [-0.39, 0.29) is 5.91 Å². The standard InChI is InChI=1S/C17H16N4O3S2/c1-11-13(9-6-10-14(11)21-26(2,23)24)15(22)18-17-20-19-16(25-17)12-7-4-3-5-8-12/h3-10,21H,1-2H3,(H,18,20,22). The second-order valence-corrected chi connectivity index (χ2v) is 8.31. The minimum absolute atomic E-state index is 0.357. The molecule has 0 aliphatic rings. The summed E-state index contributed by atoms with van der Waals surface area (Å²) in [7, 11) is -3.43. The Hall–Kier alpha value is -2.78. The van der Waals surface area contributed by atoms with Crippen LogP contribution in [0.1, 0.15) is 15.9 Å². The van der Waals surface area contributed by atoms with Gasteiger partial charge in [0.15, 0.2) is 0 Å². The van der Waals surface area contributed by atoms with Gasteiger partial charge in [-0.2, -0.15) is 0 Å². The van der Waals surface area contributed by atoms with E-state index in [1.54, 1.807) is 25.1 Å². The quantitative estimate of drug-likeness (QED) is 0.699. The number of benzene rings is 2. The number of rotatable bonds is 5. The summed E-state index contributed by atoms with van der Waals surface area (Å²) in [5, 5.41) is 11.9. The van der Waals surface area contributed by atoms with Crippen LogP contribution in [-0.2, 0) is 10.0 Å². The molecule has 134 valence electrons. The van der Waals surface area contributed by atoms with Gasteiger partial charge in [-0.3, -0.25) is 14.8 Å². The Labute approximate surface area is 155 Å². The Bertz CT molecular complexity index is 1050. The van der Waals surface area contributed by atoms with Crippen LogP contribution in [0.3, 0.4) is 0 Å². The first kappa shape index (κ1) is 18.0. The minimum Gasteiger partial charge on any atom is -0.296 e. The van der Waals surface area contributed by atoms with Crippen molar-refractivity contribution in [2.24, 2.45) is 0 Å². The van der Waals surface area contributed by atoms with Gasteiger partial charge in [0.2, 0.25) is 15.2 Å². The monoisotopic (exact) mass is 388 g/mol. The van der Waals surface area contributed by atoms with E-state index >= 15 is 0 Å². The molecule has 1 amide bonds. The molecule has 0 unspecified atom stereocenters. The van der Waals surface area contributed by atoms with Crippen molar-refractivity contribution in [3.63, 3.8) is 0 Å². The molecule has 3 aromatic rings. The van der Waals surface area contributed by atoms with Crippen molar-refractivity contribution in [2.75, 3.05) is 16.3 Å². The number of hydrogen-bond acceptors (Lipinski definition) is 6. The lowest BCUT2D eigenvalue weighted by atomic mass is 10.1. The summed E-state index contributed by atoms with van der Waals surface area (Å²) in [5.41, 5.74) is 2.17. The molecule has 0 radical (unpaired) electrons. The fourth-order valence-electron chi connectivity index (χ4n) is 2.33. The molecule has 9 heteroatoms. The van der Waals surface area contributed by atoms with Crippen LogP contribution in [0.25, 0.3) is 10.6 Å². The van der Waals surface area contributed by atoms with Crippen LogP contribution in [-0.4, -0.2) is 30.8 Å². The molecule has 0 saturated heterocycles. The molecule has 2 aromatic carbocycles. The summed E-state index contributed by atoms with van der Waals surface area (Å²) < 4.78 is 25.3. The molecule has 0 aliphatic carbocycles. The lowest BCUT2D eigenvalue weighted by Crippen LogP contribution is -2.16. The number of carbonyl (C=O) groups is 1. The van der Waals surface area contributed by atoms with E-state index < -0.39 is 10.0 Å². The third kappa shape index (κ3) is 4.24. The van der Waals surface area contributed by atoms with Crippen molar-refractivity contribution in [3.05, 3.63) is 59.7 Å². The van der Waals surface area contributed by atoms with Gasteiger partial charge < -0.3 is 0 Å². The highest BCUT2D eigenvalue weighted by atomic mass is 32.2. The van der Waals surface area contributed by atoms with E-state index in [4.69, 9.17) is 0 Å². The molecule has 7 nitrogen and oxygen atoms in total. The van der Waals surface area contributed by atoms with Crippen molar-refractivity contribution in [3.8, 4) is 10.6 Å². The van der Waals surface area contributed by atoms with Crippen molar-refractivity contribution in [2.45, 2.75) is 6.92 Å². The van der Waals surface area contributed by atoms with Gasteiger partial charge in [0.05, 0.1) is 11.9 Å². The van der Waals surface area contributed by atoms with Crippen LogP contribution >= 0.6 is 11.3 Å². The molecule has 0 spiro atoms. The SMILES string of the molecule is Cc1c(NS(C)(=O)=O)cccc1C(=O)Nc1nnc(-c2ccccc2)s1. The molecule has 1 aromatic heterocycles. The number of nitrogens with zero attached hydrogens (tertiary/aromatic N) is 2. The molecule has 0 fully saturated rings. The van der Waals surface area contributed by atoms with E-state index in [0.717, 1.165) is 11.8 Å². The highest BCUT2D eigenvalue weighted by molar-refractivity contribution is 7.92. The average molecular weight is 388 g/mol. The fraction of sp³-hybridized carbons (Fsp3) is 0.118. The Morgan fingerprint density at radius 1 is 1.04 bits per heavy atom. The summed E-state index contributed by atoms with van der Waals surface area (Å²) in [6.07, 6.45) is 1.06. The first-order valence-electron chi connectivity index (χ1n) is 7.61. The third-order valence-electron chi connectivity index (χ3n) is 3.54. The first-order chi connectivity index (χ1) is 12.3. The molecule has 26 heavy (non-hydrogen) atoms. The topological polar surface area (TPSA) is 101 Å². The van der Waals surface area contributed by atoms with Gasteiger partial charge in [0, 0.05) is 11.1 Å². The van der Waals surface area contributed by atoms with Crippen LogP contribution in [0.4, 0.5) is 10.8 Å². The molecule has 3 rings (SSSR count). The van der Waals surface area contributed by atoms with Crippen LogP contribution in [0.15, 0.2) is 48.5 Å². The second-order valence-electron chi connectivity index (χ2n) is 5.58. The average Bonchev–Trinajstić information content (AvgIpc) is 3.05. The van der Waals surface area contributed by atoms with E-state index in [0.29, 0.717) is 27.0 Å². The van der Waals surface area contributed by atoms with E-state index in [1.807, 2.05) is 30.3 Å². The Morgan fingerprint density at radius 3 is 2.46 bits per heavy atom. The minimum atomic E-state index is -3.43. The number of nitrogens with one attached hydrogen (secondary N) is 2. The summed E-state index contributed by atoms with van der Waals surface area (Å²) in [6, 6.07) is 14.4. The van der Waals surface area contributed by atoms with Crippen LogP contribution < -0.4 is 10.0 Å².